The topological polar surface area (TPSA) is 96.9 Å². The van der Waals surface area contributed by atoms with Crippen LogP contribution in [0.4, 0.5) is 11.4 Å². The number of thiazole rings is 2. The van der Waals surface area contributed by atoms with E-state index >= 15 is 0 Å². The first-order valence-electron chi connectivity index (χ1n) is 8.95. The third-order valence-electron chi connectivity index (χ3n) is 4.29. The van der Waals surface area contributed by atoms with E-state index in [0.29, 0.717) is 21.4 Å². The molecule has 7 nitrogen and oxygen atoms in total. The highest BCUT2D eigenvalue weighted by Gasteiger charge is 2.17. The number of benzene rings is 2. The molecule has 5 rings (SSSR count). The summed E-state index contributed by atoms with van der Waals surface area (Å²) in [5.74, 6) is -0.711. The first-order valence-corrected chi connectivity index (χ1v) is 10.6. The van der Waals surface area contributed by atoms with Crippen molar-refractivity contribution in [2.45, 2.75) is 0 Å². The van der Waals surface area contributed by atoms with Crippen LogP contribution in [0.1, 0.15) is 19.6 Å². The first-order chi connectivity index (χ1) is 14.7. The molecule has 0 radical (unpaired) electrons. The van der Waals surface area contributed by atoms with Crippen molar-refractivity contribution in [3.63, 3.8) is 0 Å². The van der Waals surface area contributed by atoms with Gasteiger partial charge in [0, 0.05) is 6.20 Å². The molecule has 0 unspecified atom stereocenters. The molecule has 2 aromatic carbocycles. The Kier molecular flexibility index (Phi) is 4.66. The zero-order valence-corrected chi connectivity index (χ0v) is 17.0. The van der Waals surface area contributed by atoms with Gasteiger partial charge in [-0.2, -0.15) is 0 Å². The van der Waals surface area contributed by atoms with Crippen molar-refractivity contribution in [1.82, 2.24) is 15.0 Å². The molecule has 0 bridgehead atoms. The maximum Gasteiger partial charge on any atom is 0.284 e. The maximum absolute atomic E-state index is 12.7. The molecule has 0 spiro atoms. The molecule has 30 heavy (non-hydrogen) atoms. The number of pyridine rings is 1. The number of nitrogens with zero attached hydrogens (tertiary/aromatic N) is 3. The summed E-state index contributed by atoms with van der Waals surface area (Å²) < 4.78 is 1.86. The third-order valence-corrected chi connectivity index (χ3v) is 6.36. The van der Waals surface area contributed by atoms with Gasteiger partial charge in [-0.1, -0.05) is 24.3 Å². The first kappa shape index (κ1) is 18.3. The number of hydrogen-bond acceptors (Lipinski definition) is 7. The fourth-order valence-electron chi connectivity index (χ4n) is 2.89. The second kappa shape index (κ2) is 7.62. The lowest BCUT2D eigenvalue weighted by Gasteiger charge is -2.10. The van der Waals surface area contributed by atoms with Crippen LogP contribution >= 0.6 is 22.7 Å². The Balaban J connectivity index is 1.38. The molecule has 146 valence electrons. The van der Waals surface area contributed by atoms with Gasteiger partial charge in [-0.3, -0.25) is 14.6 Å². The van der Waals surface area contributed by atoms with E-state index in [-0.39, 0.29) is 11.8 Å². The van der Waals surface area contributed by atoms with E-state index < -0.39 is 0 Å². The van der Waals surface area contributed by atoms with Crippen LogP contribution in [-0.4, -0.2) is 26.8 Å². The molecule has 5 aromatic rings. The summed E-state index contributed by atoms with van der Waals surface area (Å²) in [5, 5.41) is 6.27. The van der Waals surface area contributed by atoms with Crippen LogP contribution in [0.3, 0.4) is 0 Å². The van der Waals surface area contributed by atoms with Crippen LogP contribution in [0.15, 0.2) is 67.0 Å². The van der Waals surface area contributed by atoms with Crippen molar-refractivity contribution in [2.75, 3.05) is 10.6 Å². The molecule has 3 aromatic heterocycles. The van der Waals surface area contributed by atoms with Crippen LogP contribution in [0, 0.1) is 0 Å². The van der Waals surface area contributed by atoms with Gasteiger partial charge in [0.05, 0.1) is 38.0 Å². The number of hydrogen-bond donors (Lipinski definition) is 2. The number of carbonyl (C=O) groups excluding carboxylic acids is 2. The normalized spacial score (nSPS) is 10.9. The average molecular weight is 432 g/mol. The lowest BCUT2D eigenvalue weighted by molar-refractivity contribution is 0.101. The van der Waals surface area contributed by atoms with Gasteiger partial charge in [0.1, 0.15) is 0 Å². The van der Waals surface area contributed by atoms with Crippen molar-refractivity contribution >= 4 is 66.3 Å². The van der Waals surface area contributed by atoms with Crippen molar-refractivity contribution in [2.24, 2.45) is 0 Å². The van der Waals surface area contributed by atoms with Gasteiger partial charge in [-0.15, -0.1) is 22.7 Å². The lowest BCUT2D eigenvalue weighted by atomic mass is 10.3. The molecule has 0 aliphatic carbocycles. The van der Waals surface area contributed by atoms with E-state index in [2.05, 4.69) is 25.6 Å². The second-order valence-corrected chi connectivity index (χ2v) is 8.36. The number of rotatable bonds is 4. The maximum atomic E-state index is 12.7. The lowest BCUT2D eigenvalue weighted by Crippen LogP contribution is -2.16. The van der Waals surface area contributed by atoms with E-state index in [1.807, 2.05) is 48.5 Å². The van der Waals surface area contributed by atoms with Crippen LogP contribution in [0.25, 0.3) is 20.4 Å². The molecule has 0 aliphatic rings. The Morgan fingerprint density at radius 1 is 0.700 bits per heavy atom. The Morgan fingerprint density at radius 2 is 1.23 bits per heavy atom. The summed E-state index contributed by atoms with van der Waals surface area (Å²) in [6.07, 6.45) is 3.03. The fourth-order valence-corrected chi connectivity index (χ4v) is 4.62. The Hall–Kier alpha value is -3.69. The minimum absolute atomic E-state index is 0.337. The van der Waals surface area contributed by atoms with Gasteiger partial charge in [0.15, 0.2) is 10.0 Å². The van der Waals surface area contributed by atoms with Gasteiger partial charge >= 0.3 is 0 Å². The van der Waals surface area contributed by atoms with E-state index in [0.717, 1.165) is 20.4 Å². The molecule has 2 amide bonds. The van der Waals surface area contributed by atoms with Crippen molar-refractivity contribution in [1.29, 1.82) is 0 Å². The van der Waals surface area contributed by atoms with Gasteiger partial charge in [-0.05, 0) is 30.3 Å². The molecule has 0 fully saturated rings. The highest BCUT2D eigenvalue weighted by atomic mass is 32.1. The SMILES string of the molecule is O=C(Nc1ccncc1NC(=O)c1nc2ccccc2s1)c1nc2ccccc2s1. The molecular weight excluding hydrogens is 418 g/mol. The quantitative estimate of drug-likeness (QED) is 0.426. The number of carbonyl (C=O) groups is 2. The minimum Gasteiger partial charge on any atom is -0.318 e. The Bertz CT molecular complexity index is 1240. The van der Waals surface area contributed by atoms with E-state index in [1.165, 1.54) is 28.9 Å². The summed E-state index contributed by atoms with van der Waals surface area (Å²) in [5.41, 5.74) is 2.36. The summed E-state index contributed by atoms with van der Waals surface area (Å²) in [6, 6.07) is 16.7. The number of anilines is 2. The van der Waals surface area contributed by atoms with Crippen molar-refractivity contribution in [3.05, 3.63) is 77.0 Å². The summed E-state index contributed by atoms with van der Waals surface area (Å²) >= 11 is 2.61. The van der Waals surface area contributed by atoms with E-state index in [1.54, 1.807) is 12.3 Å². The number of para-hydroxylation sites is 2. The average Bonchev–Trinajstić information content (AvgIpc) is 3.39. The molecule has 0 saturated heterocycles. The summed E-state index contributed by atoms with van der Waals surface area (Å²) in [7, 11) is 0. The third kappa shape index (κ3) is 3.51. The zero-order valence-electron chi connectivity index (χ0n) is 15.3. The highest BCUT2D eigenvalue weighted by Crippen LogP contribution is 2.26. The number of fused-ring (bicyclic) bond motifs is 2. The van der Waals surface area contributed by atoms with Crippen LogP contribution in [0.2, 0.25) is 0 Å². The zero-order chi connectivity index (χ0) is 20.5. The fraction of sp³-hybridized carbons (Fsp3) is 0. The molecule has 2 N–H and O–H groups in total. The van der Waals surface area contributed by atoms with Crippen LogP contribution in [0.5, 0.6) is 0 Å². The van der Waals surface area contributed by atoms with Gasteiger partial charge in [-0.25, -0.2) is 9.97 Å². The molecule has 3 heterocycles. The number of aromatic nitrogens is 3. The van der Waals surface area contributed by atoms with Crippen LogP contribution < -0.4 is 10.6 Å². The Labute approximate surface area is 178 Å². The predicted molar refractivity (Wildman–Crippen MR) is 119 cm³/mol. The van der Waals surface area contributed by atoms with Crippen LogP contribution in [-0.2, 0) is 0 Å². The largest absolute Gasteiger partial charge is 0.318 e. The molecule has 0 atom stereocenters. The second-order valence-electron chi connectivity index (χ2n) is 6.30. The summed E-state index contributed by atoms with van der Waals surface area (Å²) in [4.78, 5) is 38.2. The smallest absolute Gasteiger partial charge is 0.284 e. The number of nitrogens with one attached hydrogen (secondary N) is 2. The van der Waals surface area contributed by atoms with Crippen molar-refractivity contribution < 1.29 is 9.59 Å². The van der Waals surface area contributed by atoms with Gasteiger partial charge in [0.25, 0.3) is 11.8 Å². The Morgan fingerprint density at radius 3 is 1.80 bits per heavy atom. The minimum atomic E-state index is -0.361. The van der Waals surface area contributed by atoms with Gasteiger partial charge < -0.3 is 10.6 Å². The van der Waals surface area contributed by atoms with E-state index in [9.17, 15) is 9.59 Å². The molecule has 9 heteroatoms. The molecular formula is C21H13N5O2S2. The standard InChI is InChI=1S/C21H13N5O2S2/c27-18(20-25-13-5-1-3-7-16(13)29-20)23-12-9-10-22-11-15(12)24-19(28)21-26-14-6-2-4-8-17(14)30-21/h1-11H,(H,24,28)(H,22,23,27). The molecule has 0 saturated carbocycles. The summed E-state index contributed by atoms with van der Waals surface area (Å²) in [6.45, 7) is 0. The van der Waals surface area contributed by atoms with E-state index in [4.69, 9.17) is 0 Å². The predicted octanol–water partition coefficient (Wildman–Crippen LogP) is 4.81. The molecule has 0 aliphatic heterocycles. The van der Waals surface area contributed by atoms with Crippen molar-refractivity contribution in [3.8, 4) is 0 Å². The monoisotopic (exact) mass is 431 g/mol. The highest BCUT2D eigenvalue weighted by molar-refractivity contribution is 7.20. The van der Waals surface area contributed by atoms with Gasteiger partial charge in [0.2, 0.25) is 0 Å². The number of amides is 2.